The molecule has 0 radical (unpaired) electrons. The smallest absolute Gasteiger partial charge is 0.275 e. The molecule has 1 aliphatic heterocycles. The molecule has 0 atom stereocenters. The highest BCUT2D eigenvalue weighted by Gasteiger charge is 2.19. The van der Waals surface area contributed by atoms with Crippen molar-refractivity contribution in [3.05, 3.63) is 58.9 Å². The molecule has 1 aromatic heterocycles. The third kappa shape index (κ3) is 4.08. The lowest BCUT2D eigenvalue weighted by Crippen LogP contribution is -2.35. The van der Waals surface area contributed by atoms with E-state index in [9.17, 15) is 9.59 Å². The van der Waals surface area contributed by atoms with Gasteiger partial charge in [-0.05, 0) is 49.6 Å². The van der Waals surface area contributed by atoms with Crippen LogP contribution in [0.25, 0.3) is 10.8 Å². The molecule has 0 saturated carbocycles. The molecular formula is C22H24N4O3. The van der Waals surface area contributed by atoms with Crippen molar-refractivity contribution in [3.8, 4) is 5.75 Å². The Morgan fingerprint density at radius 1 is 1.03 bits per heavy atom. The Balaban J connectivity index is 1.63. The van der Waals surface area contributed by atoms with Gasteiger partial charge in [0.2, 0.25) is 5.91 Å². The van der Waals surface area contributed by atoms with Crippen molar-refractivity contribution < 1.29 is 9.53 Å². The third-order valence-electron chi connectivity index (χ3n) is 5.17. The zero-order valence-corrected chi connectivity index (χ0v) is 16.4. The summed E-state index contributed by atoms with van der Waals surface area (Å²) in [5.74, 6) is 1.18. The summed E-state index contributed by atoms with van der Waals surface area (Å²) in [5, 5.41) is 8.81. The molecule has 2 aromatic carbocycles. The summed E-state index contributed by atoms with van der Waals surface area (Å²) >= 11 is 0. The maximum atomic E-state index is 12.9. The van der Waals surface area contributed by atoms with Crippen molar-refractivity contribution >= 4 is 28.2 Å². The van der Waals surface area contributed by atoms with Crippen LogP contribution in [0.5, 0.6) is 5.75 Å². The highest BCUT2D eigenvalue weighted by atomic mass is 16.5. The van der Waals surface area contributed by atoms with Crippen molar-refractivity contribution in [3.63, 3.8) is 0 Å². The molecule has 1 saturated heterocycles. The largest absolute Gasteiger partial charge is 0.497 e. The van der Waals surface area contributed by atoms with Crippen molar-refractivity contribution in [2.24, 2.45) is 0 Å². The van der Waals surface area contributed by atoms with Gasteiger partial charge in [0.15, 0.2) is 5.82 Å². The standard InChI is InChI=1S/C22H24N4O3/c1-29-17-11-9-16(10-12-17)23-20(27)15-26-22(28)19-8-4-3-7-18(19)21(24-26)25-13-5-2-6-14-25/h3-4,7-12H,2,5-6,13-15H2,1H3,(H,23,27). The Morgan fingerprint density at radius 3 is 2.41 bits per heavy atom. The van der Waals surface area contributed by atoms with E-state index in [1.165, 1.54) is 11.1 Å². The molecule has 1 amide bonds. The average Bonchev–Trinajstić information content (AvgIpc) is 2.77. The van der Waals surface area contributed by atoms with Crippen LogP contribution in [-0.4, -0.2) is 35.9 Å². The van der Waals surface area contributed by atoms with E-state index >= 15 is 0 Å². The fraction of sp³-hybridized carbons (Fsp3) is 0.318. The number of fused-ring (bicyclic) bond motifs is 1. The van der Waals surface area contributed by atoms with E-state index in [2.05, 4.69) is 15.3 Å². The van der Waals surface area contributed by atoms with Crippen molar-refractivity contribution in [1.82, 2.24) is 9.78 Å². The highest BCUT2D eigenvalue weighted by Crippen LogP contribution is 2.25. The second-order valence-corrected chi connectivity index (χ2v) is 7.16. The first-order valence-electron chi connectivity index (χ1n) is 9.84. The van der Waals surface area contributed by atoms with E-state index in [0.29, 0.717) is 16.8 Å². The van der Waals surface area contributed by atoms with Crippen LogP contribution in [0, 0.1) is 0 Å². The van der Waals surface area contributed by atoms with E-state index in [4.69, 9.17) is 4.74 Å². The van der Waals surface area contributed by atoms with Gasteiger partial charge >= 0.3 is 0 Å². The number of aromatic nitrogens is 2. The molecule has 29 heavy (non-hydrogen) atoms. The number of nitrogens with zero attached hydrogens (tertiary/aromatic N) is 3. The normalized spacial score (nSPS) is 14.0. The number of hydrogen-bond donors (Lipinski definition) is 1. The molecule has 0 unspecified atom stereocenters. The summed E-state index contributed by atoms with van der Waals surface area (Å²) in [7, 11) is 1.59. The first kappa shape index (κ1) is 19.0. The Morgan fingerprint density at radius 2 is 1.72 bits per heavy atom. The SMILES string of the molecule is COc1ccc(NC(=O)Cn2nc(N3CCCCC3)c3ccccc3c2=O)cc1. The number of methoxy groups -OCH3 is 1. The maximum Gasteiger partial charge on any atom is 0.275 e. The average molecular weight is 392 g/mol. The van der Waals surface area contributed by atoms with Gasteiger partial charge in [0.05, 0.1) is 12.5 Å². The van der Waals surface area contributed by atoms with Gasteiger partial charge in [0.1, 0.15) is 12.3 Å². The van der Waals surface area contributed by atoms with Crippen molar-refractivity contribution in [1.29, 1.82) is 0 Å². The second kappa shape index (κ2) is 8.34. The number of anilines is 2. The Bertz CT molecular complexity index is 1070. The predicted octanol–water partition coefficient (Wildman–Crippen LogP) is 3.03. The number of amides is 1. The van der Waals surface area contributed by atoms with E-state index in [1.54, 1.807) is 37.4 Å². The fourth-order valence-electron chi connectivity index (χ4n) is 3.67. The van der Waals surface area contributed by atoms with Gasteiger partial charge in [-0.15, -0.1) is 0 Å². The molecular weight excluding hydrogens is 368 g/mol. The molecule has 3 aromatic rings. The number of rotatable bonds is 5. The predicted molar refractivity (Wildman–Crippen MR) is 114 cm³/mol. The molecule has 0 spiro atoms. The molecule has 1 aliphatic rings. The van der Waals surface area contributed by atoms with Gasteiger partial charge < -0.3 is 15.0 Å². The summed E-state index contributed by atoms with van der Waals surface area (Å²) in [6, 6.07) is 14.5. The molecule has 2 heterocycles. The molecule has 150 valence electrons. The van der Waals surface area contributed by atoms with Crippen LogP contribution in [0.3, 0.4) is 0 Å². The second-order valence-electron chi connectivity index (χ2n) is 7.16. The monoisotopic (exact) mass is 392 g/mol. The topological polar surface area (TPSA) is 76.5 Å². The van der Waals surface area contributed by atoms with E-state index in [-0.39, 0.29) is 18.0 Å². The van der Waals surface area contributed by atoms with Crippen LogP contribution in [0.15, 0.2) is 53.3 Å². The Labute approximate surface area is 168 Å². The maximum absolute atomic E-state index is 12.9. The molecule has 0 aliphatic carbocycles. The van der Waals surface area contributed by atoms with Crippen LogP contribution in [-0.2, 0) is 11.3 Å². The van der Waals surface area contributed by atoms with Crippen molar-refractivity contribution in [2.45, 2.75) is 25.8 Å². The lowest BCUT2D eigenvalue weighted by molar-refractivity contribution is -0.117. The van der Waals surface area contributed by atoms with Crippen LogP contribution < -0.4 is 20.5 Å². The molecule has 0 bridgehead atoms. The summed E-state index contributed by atoms with van der Waals surface area (Å²) in [6.07, 6.45) is 3.42. The minimum Gasteiger partial charge on any atom is -0.497 e. The van der Waals surface area contributed by atoms with Crippen LogP contribution in [0.2, 0.25) is 0 Å². The number of benzene rings is 2. The van der Waals surface area contributed by atoms with Gasteiger partial charge in [-0.3, -0.25) is 9.59 Å². The lowest BCUT2D eigenvalue weighted by Gasteiger charge is -2.29. The number of carbonyl (C=O) groups is 1. The van der Waals surface area contributed by atoms with E-state index in [1.807, 2.05) is 18.2 Å². The summed E-state index contributed by atoms with van der Waals surface area (Å²) in [4.78, 5) is 27.7. The lowest BCUT2D eigenvalue weighted by atomic mass is 10.1. The molecule has 1 fully saturated rings. The van der Waals surface area contributed by atoms with E-state index in [0.717, 1.165) is 37.1 Å². The minimum absolute atomic E-state index is 0.142. The first-order chi connectivity index (χ1) is 14.2. The number of hydrogen-bond acceptors (Lipinski definition) is 5. The van der Waals surface area contributed by atoms with Gasteiger partial charge in [-0.25, -0.2) is 4.68 Å². The quantitative estimate of drug-likeness (QED) is 0.722. The summed E-state index contributed by atoms with van der Waals surface area (Å²) < 4.78 is 6.39. The highest BCUT2D eigenvalue weighted by molar-refractivity contribution is 5.93. The zero-order chi connectivity index (χ0) is 20.2. The van der Waals surface area contributed by atoms with Gasteiger partial charge in [-0.2, -0.15) is 5.10 Å². The number of nitrogens with one attached hydrogen (secondary N) is 1. The molecule has 1 N–H and O–H groups in total. The Kier molecular flexibility index (Phi) is 5.46. The van der Waals surface area contributed by atoms with Crippen LogP contribution >= 0.6 is 0 Å². The first-order valence-corrected chi connectivity index (χ1v) is 9.84. The molecule has 7 heteroatoms. The number of carbonyl (C=O) groups excluding carboxylic acids is 1. The third-order valence-corrected chi connectivity index (χ3v) is 5.17. The minimum atomic E-state index is -0.301. The van der Waals surface area contributed by atoms with Gasteiger partial charge in [-0.1, -0.05) is 18.2 Å². The zero-order valence-electron chi connectivity index (χ0n) is 16.4. The van der Waals surface area contributed by atoms with Gasteiger partial charge in [0.25, 0.3) is 5.56 Å². The fourth-order valence-corrected chi connectivity index (χ4v) is 3.67. The molecule has 4 rings (SSSR count). The molecule has 7 nitrogen and oxygen atoms in total. The van der Waals surface area contributed by atoms with Crippen LogP contribution in [0.4, 0.5) is 11.5 Å². The number of piperidine rings is 1. The summed E-state index contributed by atoms with van der Waals surface area (Å²) in [6.45, 7) is 1.68. The van der Waals surface area contributed by atoms with Gasteiger partial charge in [0, 0.05) is 24.2 Å². The number of ether oxygens (including phenoxy) is 1. The van der Waals surface area contributed by atoms with Crippen molar-refractivity contribution in [2.75, 3.05) is 30.4 Å². The summed E-state index contributed by atoms with van der Waals surface area (Å²) in [5.41, 5.74) is 0.382. The Hall–Kier alpha value is -3.35. The van der Waals surface area contributed by atoms with Crippen LogP contribution in [0.1, 0.15) is 19.3 Å². The van der Waals surface area contributed by atoms with E-state index < -0.39 is 0 Å².